The Bertz CT molecular complexity index is 588. The summed E-state index contributed by atoms with van der Waals surface area (Å²) >= 11 is 0. The number of rotatable bonds is 5. The molecule has 2 nitrogen and oxygen atoms in total. The third kappa shape index (κ3) is 3.79. The van der Waals surface area contributed by atoms with Gasteiger partial charge >= 0.3 is 0 Å². The first-order valence-electron chi connectivity index (χ1n) is 7.00. The lowest BCUT2D eigenvalue weighted by atomic mass is 10.0. The molecule has 0 heterocycles. The van der Waals surface area contributed by atoms with Gasteiger partial charge in [0, 0.05) is 12.6 Å². The van der Waals surface area contributed by atoms with E-state index in [0.29, 0.717) is 12.1 Å². The van der Waals surface area contributed by atoms with Crippen molar-refractivity contribution in [3.8, 4) is 5.75 Å². The highest BCUT2D eigenvalue weighted by Gasteiger charge is 2.10. The molecule has 0 saturated carbocycles. The van der Waals surface area contributed by atoms with E-state index in [1.54, 1.807) is 0 Å². The van der Waals surface area contributed by atoms with Crippen molar-refractivity contribution in [2.45, 2.75) is 32.9 Å². The van der Waals surface area contributed by atoms with Gasteiger partial charge in [0.25, 0.3) is 0 Å². The smallest absolute Gasteiger partial charge is 0.187 e. The summed E-state index contributed by atoms with van der Waals surface area (Å²) in [7, 11) is 0. The molecule has 0 aliphatic carbocycles. The fourth-order valence-corrected chi connectivity index (χ4v) is 2.15. The highest BCUT2D eigenvalue weighted by atomic mass is 19.1. The second kappa shape index (κ2) is 6.68. The number of nitrogens with one attached hydrogen (secondary N) is 1. The van der Waals surface area contributed by atoms with Crippen LogP contribution in [0.4, 0.5) is 8.78 Å². The standard InChI is InChI=1S/C17H19F2NO/c1-3-12-4-6-14(7-5-12)11(2)20-10-13-8-15(18)17(21)16(19)9-13/h4-9,11,20-21H,3,10H2,1-2H3. The lowest BCUT2D eigenvalue weighted by molar-refractivity contribution is 0.394. The average molecular weight is 291 g/mol. The van der Waals surface area contributed by atoms with Crippen molar-refractivity contribution in [1.82, 2.24) is 5.32 Å². The summed E-state index contributed by atoms with van der Waals surface area (Å²) < 4.78 is 26.5. The summed E-state index contributed by atoms with van der Waals surface area (Å²) in [4.78, 5) is 0. The summed E-state index contributed by atoms with van der Waals surface area (Å²) in [5, 5.41) is 12.3. The van der Waals surface area contributed by atoms with Gasteiger partial charge in [-0.1, -0.05) is 31.2 Å². The van der Waals surface area contributed by atoms with Gasteiger partial charge in [0.05, 0.1) is 0 Å². The quantitative estimate of drug-likeness (QED) is 0.870. The summed E-state index contributed by atoms with van der Waals surface area (Å²) in [6.45, 7) is 4.42. The van der Waals surface area contributed by atoms with Crippen molar-refractivity contribution >= 4 is 0 Å². The van der Waals surface area contributed by atoms with Crippen molar-refractivity contribution in [2.24, 2.45) is 0 Å². The molecule has 2 rings (SSSR count). The molecule has 0 aromatic heterocycles. The van der Waals surface area contributed by atoms with E-state index >= 15 is 0 Å². The van der Waals surface area contributed by atoms with Crippen molar-refractivity contribution < 1.29 is 13.9 Å². The zero-order valence-corrected chi connectivity index (χ0v) is 12.2. The van der Waals surface area contributed by atoms with Gasteiger partial charge in [0.2, 0.25) is 0 Å². The van der Waals surface area contributed by atoms with Crippen LogP contribution in [0.2, 0.25) is 0 Å². The summed E-state index contributed by atoms with van der Waals surface area (Å²) in [6, 6.07) is 10.6. The molecule has 112 valence electrons. The first-order valence-corrected chi connectivity index (χ1v) is 7.00. The van der Waals surface area contributed by atoms with Gasteiger partial charge in [-0.15, -0.1) is 0 Å². The van der Waals surface area contributed by atoms with Gasteiger partial charge in [-0.2, -0.15) is 0 Å². The van der Waals surface area contributed by atoms with E-state index in [1.807, 2.05) is 6.92 Å². The molecule has 1 unspecified atom stereocenters. The van der Waals surface area contributed by atoms with Crippen molar-refractivity contribution in [1.29, 1.82) is 0 Å². The topological polar surface area (TPSA) is 32.3 Å². The van der Waals surface area contributed by atoms with Gasteiger partial charge in [0.1, 0.15) is 0 Å². The SMILES string of the molecule is CCc1ccc(C(C)NCc2cc(F)c(O)c(F)c2)cc1. The molecule has 0 fully saturated rings. The Kier molecular flexibility index (Phi) is 4.91. The van der Waals surface area contributed by atoms with Crippen LogP contribution in [0.25, 0.3) is 0 Å². The average Bonchev–Trinajstić information content (AvgIpc) is 2.50. The Morgan fingerprint density at radius 2 is 1.62 bits per heavy atom. The zero-order chi connectivity index (χ0) is 15.4. The second-order valence-corrected chi connectivity index (χ2v) is 5.11. The van der Waals surface area contributed by atoms with Crippen LogP contribution in [-0.2, 0) is 13.0 Å². The first-order chi connectivity index (χ1) is 10.0. The molecule has 0 amide bonds. The second-order valence-electron chi connectivity index (χ2n) is 5.11. The molecule has 0 aliphatic rings. The van der Waals surface area contributed by atoms with Crippen molar-refractivity contribution in [3.63, 3.8) is 0 Å². The molecule has 0 bridgehead atoms. The lowest BCUT2D eigenvalue weighted by Crippen LogP contribution is -2.18. The van der Waals surface area contributed by atoms with Crippen LogP contribution < -0.4 is 5.32 Å². The third-order valence-corrected chi connectivity index (χ3v) is 3.58. The van der Waals surface area contributed by atoms with E-state index in [4.69, 9.17) is 5.11 Å². The van der Waals surface area contributed by atoms with E-state index in [1.165, 1.54) is 5.56 Å². The minimum absolute atomic E-state index is 0.0656. The normalized spacial score (nSPS) is 12.4. The van der Waals surface area contributed by atoms with Crippen LogP contribution in [0.5, 0.6) is 5.75 Å². The third-order valence-electron chi connectivity index (χ3n) is 3.58. The predicted octanol–water partition coefficient (Wildman–Crippen LogP) is 4.08. The summed E-state index contributed by atoms with van der Waals surface area (Å²) in [5.41, 5.74) is 2.85. The Labute approximate surface area is 123 Å². The fraction of sp³-hybridized carbons (Fsp3) is 0.294. The maximum Gasteiger partial charge on any atom is 0.187 e. The molecule has 1 atom stereocenters. The molecular weight excluding hydrogens is 272 g/mol. The molecule has 0 saturated heterocycles. The Hall–Kier alpha value is -1.94. The molecular formula is C17H19F2NO. The molecule has 2 aromatic carbocycles. The molecule has 2 aromatic rings. The number of halogens is 2. The minimum Gasteiger partial charge on any atom is -0.503 e. The number of phenolic OH excluding ortho intramolecular Hbond substituents is 1. The van der Waals surface area contributed by atoms with E-state index in [2.05, 4.69) is 36.5 Å². The number of phenols is 1. The number of aryl methyl sites for hydroxylation is 1. The van der Waals surface area contributed by atoms with E-state index in [-0.39, 0.29) is 6.04 Å². The van der Waals surface area contributed by atoms with E-state index in [0.717, 1.165) is 24.1 Å². The van der Waals surface area contributed by atoms with Crippen molar-refractivity contribution in [2.75, 3.05) is 0 Å². The van der Waals surface area contributed by atoms with Gasteiger partial charge in [-0.25, -0.2) is 8.78 Å². The van der Waals surface area contributed by atoms with Crippen LogP contribution >= 0.6 is 0 Å². The Morgan fingerprint density at radius 3 is 2.14 bits per heavy atom. The highest BCUT2D eigenvalue weighted by Crippen LogP contribution is 2.22. The Balaban J connectivity index is 2.01. The minimum atomic E-state index is -0.938. The summed E-state index contributed by atoms with van der Waals surface area (Å²) in [6.07, 6.45) is 0.994. The lowest BCUT2D eigenvalue weighted by Gasteiger charge is -2.15. The van der Waals surface area contributed by atoms with Crippen LogP contribution in [0, 0.1) is 11.6 Å². The van der Waals surface area contributed by atoms with Crippen LogP contribution in [-0.4, -0.2) is 5.11 Å². The molecule has 0 radical (unpaired) electrons. The molecule has 0 aliphatic heterocycles. The van der Waals surface area contributed by atoms with Crippen molar-refractivity contribution in [3.05, 3.63) is 64.7 Å². The van der Waals surface area contributed by atoms with Crippen LogP contribution in [0.15, 0.2) is 36.4 Å². The van der Waals surface area contributed by atoms with Gasteiger partial charge < -0.3 is 10.4 Å². The number of benzene rings is 2. The van der Waals surface area contributed by atoms with E-state index < -0.39 is 17.4 Å². The fourth-order valence-electron chi connectivity index (χ4n) is 2.15. The number of hydrogen-bond donors (Lipinski definition) is 2. The number of aromatic hydroxyl groups is 1. The first kappa shape index (κ1) is 15.4. The largest absolute Gasteiger partial charge is 0.503 e. The monoisotopic (exact) mass is 291 g/mol. The van der Waals surface area contributed by atoms with Gasteiger partial charge in [-0.05, 0) is 42.2 Å². The maximum absolute atomic E-state index is 13.3. The summed E-state index contributed by atoms with van der Waals surface area (Å²) in [5.74, 6) is -2.81. The molecule has 21 heavy (non-hydrogen) atoms. The van der Waals surface area contributed by atoms with Gasteiger partial charge in [-0.3, -0.25) is 0 Å². The molecule has 2 N–H and O–H groups in total. The Morgan fingerprint density at radius 1 is 1.05 bits per heavy atom. The van der Waals surface area contributed by atoms with Gasteiger partial charge in [0.15, 0.2) is 17.4 Å². The highest BCUT2D eigenvalue weighted by molar-refractivity contribution is 5.30. The van der Waals surface area contributed by atoms with Crippen LogP contribution in [0.1, 0.15) is 36.6 Å². The zero-order valence-electron chi connectivity index (χ0n) is 12.2. The number of hydrogen-bond acceptors (Lipinski definition) is 2. The molecule has 0 spiro atoms. The van der Waals surface area contributed by atoms with E-state index in [9.17, 15) is 8.78 Å². The van der Waals surface area contributed by atoms with Crippen LogP contribution in [0.3, 0.4) is 0 Å². The maximum atomic E-state index is 13.3. The predicted molar refractivity (Wildman–Crippen MR) is 79.1 cm³/mol. The molecule has 4 heteroatoms.